The molecule has 0 spiro atoms. The fourth-order valence-corrected chi connectivity index (χ4v) is 3.37. The number of rotatable bonds is 6. The lowest BCUT2D eigenvalue weighted by Gasteiger charge is -2.22. The summed E-state index contributed by atoms with van der Waals surface area (Å²) in [5, 5.41) is 2.87. The molecular weight excluding hydrogens is 338 g/mol. The molecule has 3 rings (SSSR count). The van der Waals surface area contributed by atoms with Gasteiger partial charge in [-0.05, 0) is 67.0 Å². The van der Waals surface area contributed by atoms with Crippen molar-refractivity contribution in [1.82, 2.24) is 0 Å². The molecule has 0 saturated heterocycles. The molecule has 1 aliphatic carbocycles. The second-order valence-electron chi connectivity index (χ2n) is 8.13. The van der Waals surface area contributed by atoms with Crippen LogP contribution in [0.2, 0.25) is 0 Å². The molecule has 0 atom stereocenters. The van der Waals surface area contributed by atoms with Crippen LogP contribution in [0.25, 0.3) is 0 Å². The number of amides is 1. The van der Waals surface area contributed by atoms with Crippen LogP contribution in [0.3, 0.4) is 0 Å². The summed E-state index contributed by atoms with van der Waals surface area (Å²) >= 11 is 0. The van der Waals surface area contributed by atoms with Gasteiger partial charge in [-0.25, -0.2) is 0 Å². The first-order valence-electron chi connectivity index (χ1n) is 9.71. The van der Waals surface area contributed by atoms with Crippen LogP contribution in [-0.2, 0) is 10.2 Å². The molecule has 0 bridgehead atoms. The minimum absolute atomic E-state index is 0.0204. The normalized spacial score (nSPS) is 14.8. The van der Waals surface area contributed by atoms with Crippen molar-refractivity contribution in [3.05, 3.63) is 54.1 Å². The van der Waals surface area contributed by atoms with Crippen LogP contribution in [0, 0.1) is 0 Å². The first-order valence-corrected chi connectivity index (χ1v) is 9.71. The molecule has 4 heteroatoms. The molecule has 0 aromatic heterocycles. The van der Waals surface area contributed by atoms with E-state index < -0.39 is 0 Å². The van der Waals surface area contributed by atoms with Gasteiger partial charge in [0.2, 0.25) is 0 Å². The van der Waals surface area contributed by atoms with Crippen molar-refractivity contribution >= 4 is 11.6 Å². The molecule has 1 amide bonds. The van der Waals surface area contributed by atoms with Crippen molar-refractivity contribution in [2.24, 2.45) is 0 Å². The third kappa shape index (κ3) is 5.49. The standard InChI is InChI=1S/C23H29NO3/c1-23(2,3)20-10-6-7-11-21(20)26-16-22(25)24-17-12-14-19(15-13-17)27-18-8-4-5-9-18/h6-7,10-15,18H,4-5,8-9,16H2,1-3H3,(H,24,25). The maximum atomic E-state index is 12.2. The maximum absolute atomic E-state index is 12.2. The lowest BCUT2D eigenvalue weighted by atomic mass is 9.86. The van der Waals surface area contributed by atoms with Crippen molar-refractivity contribution in [1.29, 1.82) is 0 Å². The molecule has 4 nitrogen and oxygen atoms in total. The molecule has 27 heavy (non-hydrogen) atoms. The van der Waals surface area contributed by atoms with Gasteiger partial charge in [0.25, 0.3) is 5.91 Å². The summed E-state index contributed by atoms with van der Waals surface area (Å²) in [5.74, 6) is 1.43. The second kappa shape index (κ2) is 8.47. The number of benzene rings is 2. The molecule has 1 saturated carbocycles. The van der Waals surface area contributed by atoms with Crippen LogP contribution in [0.15, 0.2) is 48.5 Å². The molecule has 0 radical (unpaired) electrons. The highest BCUT2D eigenvalue weighted by Gasteiger charge is 2.19. The average molecular weight is 367 g/mol. The highest BCUT2D eigenvalue weighted by molar-refractivity contribution is 5.91. The Hall–Kier alpha value is -2.49. The zero-order valence-corrected chi connectivity index (χ0v) is 16.5. The van der Waals surface area contributed by atoms with Crippen LogP contribution in [0.5, 0.6) is 11.5 Å². The van der Waals surface area contributed by atoms with Crippen molar-refractivity contribution < 1.29 is 14.3 Å². The average Bonchev–Trinajstić information content (AvgIpc) is 3.14. The molecule has 0 aliphatic heterocycles. The van der Waals surface area contributed by atoms with Gasteiger partial charge in [-0.1, -0.05) is 39.0 Å². The monoisotopic (exact) mass is 367 g/mol. The van der Waals surface area contributed by atoms with E-state index in [4.69, 9.17) is 9.47 Å². The highest BCUT2D eigenvalue weighted by Crippen LogP contribution is 2.31. The lowest BCUT2D eigenvalue weighted by molar-refractivity contribution is -0.118. The predicted octanol–water partition coefficient (Wildman–Crippen LogP) is 5.32. The van der Waals surface area contributed by atoms with Crippen molar-refractivity contribution in [3.8, 4) is 11.5 Å². The Balaban J connectivity index is 1.52. The van der Waals surface area contributed by atoms with Crippen molar-refractivity contribution in [2.75, 3.05) is 11.9 Å². The van der Waals surface area contributed by atoms with E-state index in [1.807, 2.05) is 48.5 Å². The number of para-hydroxylation sites is 1. The number of hydrogen-bond donors (Lipinski definition) is 1. The van der Waals surface area contributed by atoms with E-state index in [1.165, 1.54) is 12.8 Å². The number of carbonyl (C=O) groups excluding carboxylic acids is 1. The summed E-state index contributed by atoms with van der Waals surface area (Å²) in [6.07, 6.45) is 5.09. The minimum Gasteiger partial charge on any atom is -0.490 e. The summed E-state index contributed by atoms with van der Waals surface area (Å²) in [6.45, 7) is 6.37. The molecule has 1 aliphatic rings. The van der Waals surface area contributed by atoms with Gasteiger partial charge in [0, 0.05) is 5.69 Å². The zero-order valence-electron chi connectivity index (χ0n) is 16.5. The van der Waals surface area contributed by atoms with Crippen molar-refractivity contribution in [3.63, 3.8) is 0 Å². The number of hydrogen-bond acceptors (Lipinski definition) is 3. The van der Waals surface area contributed by atoms with Gasteiger partial charge in [-0.2, -0.15) is 0 Å². The van der Waals surface area contributed by atoms with Crippen LogP contribution >= 0.6 is 0 Å². The Morgan fingerprint density at radius 2 is 1.70 bits per heavy atom. The van der Waals surface area contributed by atoms with E-state index in [0.717, 1.165) is 35.6 Å². The number of nitrogens with one attached hydrogen (secondary N) is 1. The van der Waals surface area contributed by atoms with Crippen LogP contribution in [0.4, 0.5) is 5.69 Å². The number of anilines is 1. The van der Waals surface area contributed by atoms with E-state index in [2.05, 4.69) is 26.1 Å². The fourth-order valence-electron chi connectivity index (χ4n) is 3.37. The van der Waals surface area contributed by atoms with Gasteiger partial charge < -0.3 is 14.8 Å². The van der Waals surface area contributed by atoms with Crippen LogP contribution in [-0.4, -0.2) is 18.6 Å². The van der Waals surface area contributed by atoms with E-state index in [9.17, 15) is 4.79 Å². The summed E-state index contributed by atoms with van der Waals surface area (Å²) in [4.78, 5) is 12.2. The molecule has 0 unspecified atom stereocenters. The van der Waals surface area contributed by atoms with Gasteiger partial charge in [0.15, 0.2) is 6.61 Å². The third-order valence-corrected chi connectivity index (χ3v) is 4.80. The zero-order chi connectivity index (χ0) is 19.3. The van der Waals surface area contributed by atoms with Crippen LogP contribution < -0.4 is 14.8 Å². The maximum Gasteiger partial charge on any atom is 0.262 e. The van der Waals surface area contributed by atoms with Gasteiger partial charge in [0.05, 0.1) is 6.10 Å². The summed E-state index contributed by atoms with van der Waals surface area (Å²) < 4.78 is 11.7. The number of ether oxygens (including phenoxy) is 2. The Morgan fingerprint density at radius 3 is 2.37 bits per heavy atom. The Bertz CT molecular complexity index is 756. The van der Waals surface area contributed by atoms with Gasteiger partial charge in [0.1, 0.15) is 11.5 Å². The van der Waals surface area contributed by atoms with Crippen molar-refractivity contribution in [2.45, 2.75) is 58.0 Å². The molecule has 1 fully saturated rings. The highest BCUT2D eigenvalue weighted by atomic mass is 16.5. The predicted molar refractivity (Wildman–Crippen MR) is 109 cm³/mol. The van der Waals surface area contributed by atoms with Gasteiger partial charge in [-0.15, -0.1) is 0 Å². The molecular formula is C23H29NO3. The molecule has 0 heterocycles. The Kier molecular flexibility index (Phi) is 6.04. The second-order valence-corrected chi connectivity index (χ2v) is 8.13. The number of carbonyl (C=O) groups is 1. The summed E-state index contributed by atoms with van der Waals surface area (Å²) in [7, 11) is 0. The Labute approximate surface area is 161 Å². The molecule has 1 N–H and O–H groups in total. The first-order chi connectivity index (χ1) is 12.9. The van der Waals surface area contributed by atoms with E-state index in [0.29, 0.717) is 6.10 Å². The van der Waals surface area contributed by atoms with Gasteiger partial charge >= 0.3 is 0 Å². The van der Waals surface area contributed by atoms with Crippen LogP contribution in [0.1, 0.15) is 52.0 Å². The SMILES string of the molecule is CC(C)(C)c1ccccc1OCC(=O)Nc1ccc(OC2CCCC2)cc1. The first kappa shape index (κ1) is 19.3. The molecule has 2 aromatic rings. The van der Waals surface area contributed by atoms with E-state index >= 15 is 0 Å². The third-order valence-electron chi connectivity index (χ3n) is 4.80. The molecule has 2 aromatic carbocycles. The van der Waals surface area contributed by atoms with E-state index in [1.54, 1.807) is 0 Å². The lowest BCUT2D eigenvalue weighted by Crippen LogP contribution is -2.22. The Morgan fingerprint density at radius 1 is 1.04 bits per heavy atom. The van der Waals surface area contributed by atoms with E-state index in [-0.39, 0.29) is 17.9 Å². The molecule has 144 valence electrons. The smallest absolute Gasteiger partial charge is 0.262 e. The van der Waals surface area contributed by atoms with Gasteiger partial charge in [-0.3, -0.25) is 4.79 Å². The minimum atomic E-state index is -0.178. The fraction of sp³-hybridized carbons (Fsp3) is 0.435. The summed E-state index contributed by atoms with van der Waals surface area (Å²) in [6, 6.07) is 15.4. The summed E-state index contributed by atoms with van der Waals surface area (Å²) in [5.41, 5.74) is 1.79. The quantitative estimate of drug-likeness (QED) is 0.751. The largest absolute Gasteiger partial charge is 0.490 e. The topological polar surface area (TPSA) is 47.6 Å².